The van der Waals surface area contributed by atoms with Gasteiger partial charge < -0.3 is 9.84 Å². The van der Waals surface area contributed by atoms with E-state index < -0.39 is 0 Å². The first kappa shape index (κ1) is 15.4. The molecule has 3 nitrogen and oxygen atoms in total. The highest BCUT2D eigenvalue weighted by Gasteiger charge is 2.06. The van der Waals surface area contributed by atoms with E-state index in [4.69, 9.17) is 4.74 Å². The topological polar surface area (TPSA) is 46.5 Å². The van der Waals surface area contributed by atoms with Crippen molar-refractivity contribution in [3.8, 4) is 0 Å². The molecule has 0 atom stereocenters. The van der Waals surface area contributed by atoms with Gasteiger partial charge in [0.1, 0.15) is 0 Å². The summed E-state index contributed by atoms with van der Waals surface area (Å²) in [6, 6.07) is 7.16. The smallest absolute Gasteiger partial charge is 0.338 e. The van der Waals surface area contributed by atoms with Gasteiger partial charge in [0.2, 0.25) is 0 Å². The van der Waals surface area contributed by atoms with Gasteiger partial charge in [0, 0.05) is 0 Å². The van der Waals surface area contributed by atoms with Gasteiger partial charge in [0.25, 0.3) is 0 Å². The normalized spacial score (nSPS) is 11.4. The van der Waals surface area contributed by atoms with Crippen molar-refractivity contribution in [1.29, 1.82) is 0 Å². The lowest BCUT2D eigenvalue weighted by atomic mass is 10.0. The van der Waals surface area contributed by atoms with E-state index in [1.165, 1.54) is 0 Å². The number of carbonyl (C=O) groups excluding carboxylic acids is 1. The Morgan fingerprint density at radius 3 is 2.37 bits per heavy atom. The second-order valence-corrected chi connectivity index (χ2v) is 4.33. The van der Waals surface area contributed by atoms with E-state index in [2.05, 4.69) is 13.0 Å². The largest absolute Gasteiger partial charge is 0.462 e. The van der Waals surface area contributed by atoms with Crippen molar-refractivity contribution in [2.45, 2.75) is 33.1 Å². The number of aliphatic hydroxyl groups excluding tert-OH is 1. The van der Waals surface area contributed by atoms with Crippen LogP contribution in [-0.2, 0) is 4.74 Å². The fourth-order valence-corrected chi connectivity index (χ4v) is 1.79. The first-order valence-electron chi connectivity index (χ1n) is 6.80. The van der Waals surface area contributed by atoms with Crippen LogP contribution in [-0.4, -0.2) is 24.3 Å². The molecule has 0 amide bonds. The Balaban J connectivity index is 2.78. The Hall–Kier alpha value is -1.61. The summed E-state index contributed by atoms with van der Waals surface area (Å²) in [7, 11) is 0. The number of allylic oxidation sites excluding steroid dienone is 1. The molecule has 0 unspecified atom stereocenters. The second kappa shape index (κ2) is 8.48. The first-order chi connectivity index (χ1) is 9.22. The van der Waals surface area contributed by atoms with Crippen LogP contribution in [0.5, 0.6) is 0 Å². The molecule has 0 aromatic heterocycles. The van der Waals surface area contributed by atoms with Crippen molar-refractivity contribution in [3.05, 3.63) is 41.5 Å². The van der Waals surface area contributed by atoms with E-state index >= 15 is 0 Å². The highest BCUT2D eigenvalue weighted by atomic mass is 16.5. The third kappa shape index (κ3) is 4.87. The molecule has 0 heterocycles. The van der Waals surface area contributed by atoms with Crippen LogP contribution in [0.1, 0.15) is 49.0 Å². The molecule has 0 saturated carbocycles. The maximum Gasteiger partial charge on any atom is 0.338 e. The molecule has 0 radical (unpaired) electrons. The first-order valence-corrected chi connectivity index (χ1v) is 6.80. The number of carbonyl (C=O) groups is 1. The van der Waals surface area contributed by atoms with Gasteiger partial charge in [0.05, 0.1) is 18.8 Å². The van der Waals surface area contributed by atoms with Crippen LogP contribution in [0.25, 0.3) is 5.57 Å². The highest BCUT2D eigenvalue weighted by Crippen LogP contribution is 2.17. The van der Waals surface area contributed by atoms with E-state index in [9.17, 15) is 9.90 Å². The zero-order valence-electron chi connectivity index (χ0n) is 11.7. The maximum absolute atomic E-state index is 11.5. The molecule has 3 heteroatoms. The van der Waals surface area contributed by atoms with Crippen LogP contribution in [0.4, 0.5) is 0 Å². The molecule has 0 spiro atoms. The van der Waals surface area contributed by atoms with Crippen molar-refractivity contribution in [1.82, 2.24) is 0 Å². The predicted molar refractivity (Wildman–Crippen MR) is 77.0 cm³/mol. The average molecular weight is 262 g/mol. The van der Waals surface area contributed by atoms with E-state index in [-0.39, 0.29) is 12.6 Å². The van der Waals surface area contributed by atoms with Crippen LogP contribution in [0.15, 0.2) is 30.3 Å². The number of esters is 1. The minimum Gasteiger partial charge on any atom is -0.462 e. The third-order valence-corrected chi connectivity index (χ3v) is 2.89. The number of unbranched alkanes of at least 4 members (excludes halogenated alkanes) is 2. The monoisotopic (exact) mass is 262 g/mol. The zero-order valence-corrected chi connectivity index (χ0v) is 11.7. The summed E-state index contributed by atoms with van der Waals surface area (Å²) >= 11 is 0. The Labute approximate surface area is 114 Å². The molecule has 1 aromatic carbocycles. The number of hydrogen-bond acceptors (Lipinski definition) is 3. The molecule has 104 valence electrons. The van der Waals surface area contributed by atoms with Gasteiger partial charge in [-0.2, -0.15) is 0 Å². The predicted octanol–water partition coefficient (Wildman–Crippen LogP) is 3.43. The fourth-order valence-electron chi connectivity index (χ4n) is 1.79. The molecular formula is C16H22O3. The number of hydrogen-bond donors (Lipinski definition) is 1. The molecular weight excluding hydrogens is 240 g/mol. The van der Waals surface area contributed by atoms with Crippen LogP contribution in [0, 0.1) is 0 Å². The Kier molecular flexibility index (Phi) is 6.90. The minimum absolute atomic E-state index is 0.0163. The van der Waals surface area contributed by atoms with Crippen LogP contribution in [0.2, 0.25) is 0 Å². The number of benzene rings is 1. The number of aliphatic hydroxyl groups is 1. The summed E-state index contributed by atoms with van der Waals surface area (Å²) in [4.78, 5) is 11.5. The SMILES string of the molecule is CCCC/C=C(\CO)c1ccc(C(=O)OCC)cc1. The summed E-state index contributed by atoms with van der Waals surface area (Å²) in [6.07, 6.45) is 5.27. The molecule has 1 aromatic rings. The molecule has 0 bridgehead atoms. The van der Waals surface area contributed by atoms with Crippen LogP contribution < -0.4 is 0 Å². The number of ether oxygens (including phenoxy) is 1. The van der Waals surface area contributed by atoms with E-state index in [0.717, 1.165) is 30.4 Å². The van der Waals surface area contributed by atoms with E-state index in [1.807, 2.05) is 12.1 Å². The quantitative estimate of drug-likeness (QED) is 0.605. The second-order valence-electron chi connectivity index (χ2n) is 4.33. The van der Waals surface area contributed by atoms with Crippen molar-refractivity contribution >= 4 is 11.5 Å². The summed E-state index contributed by atoms with van der Waals surface area (Å²) in [6.45, 7) is 4.31. The lowest BCUT2D eigenvalue weighted by molar-refractivity contribution is 0.0526. The van der Waals surface area contributed by atoms with Crippen LogP contribution >= 0.6 is 0 Å². The third-order valence-electron chi connectivity index (χ3n) is 2.89. The zero-order chi connectivity index (χ0) is 14.1. The summed E-state index contributed by atoms with van der Waals surface area (Å²) in [5.74, 6) is -0.311. The summed E-state index contributed by atoms with van der Waals surface area (Å²) < 4.78 is 4.93. The van der Waals surface area contributed by atoms with Gasteiger partial charge in [-0.3, -0.25) is 0 Å². The van der Waals surface area contributed by atoms with Crippen molar-refractivity contribution < 1.29 is 14.6 Å². The molecule has 0 fully saturated rings. The molecule has 1 N–H and O–H groups in total. The van der Waals surface area contributed by atoms with Crippen molar-refractivity contribution in [3.63, 3.8) is 0 Å². The summed E-state index contributed by atoms with van der Waals surface area (Å²) in [5.41, 5.74) is 2.40. The van der Waals surface area contributed by atoms with Gasteiger partial charge in [-0.15, -0.1) is 0 Å². The standard InChI is InChI=1S/C16H22O3/c1-3-5-6-7-15(12-17)13-8-10-14(11-9-13)16(18)19-4-2/h7-11,17H,3-6,12H2,1-2H3/b15-7+. The van der Waals surface area contributed by atoms with Gasteiger partial charge in [-0.1, -0.05) is 38.0 Å². The van der Waals surface area contributed by atoms with Gasteiger partial charge in [-0.05, 0) is 36.6 Å². The Morgan fingerprint density at radius 1 is 1.21 bits per heavy atom. The Morgan fingerprint density at radius 2 is 1.84 bits per heavy atom. The molecule has 0 aliphatic heterocycles. The van der Waals surface area contributed by atoms with E-state index in [1.54, 1.807) is 19.1 Å². The fraction of sp³-hybridized carbons (Fsp3) is 0.438. The highest BCUT2D eigenvalue weighted by molar-refractivity contribution is 5.89. The van der Waals surface area contributed by atoms with Crippen molar-refractivity contribution in [2.24, 2.45) is 0 Å². The van der Waals surface area contributed by atoms with E-state index in [0.29, 0.717) is 12.2 Å². The minimum atomic E-state index is -0.311. The molecule has 0 aliphatic carbocycles. The number of rotatable bonds is 7. The van der Waals surface area contributed by atoms with Gasteiger partial charge in [-0.25, -0.2) is 4.79 Å². The average Bonchev–Trinajstić information content (AvgIpc) is 2.44. The lowest BCUT2D eigenvalue weighted by Crippen LogP contribution is -2.04. The molecule has 0 aliphatic rings. The van der Waals surface area contributed by atoms with Gasteiger partial charge >= 0.3 is 5.97 Å². The molecule has 1 rings (SSSR count). The van der Waals surface area contributed by atoms with Crippen LogP contribution in [0.3, 0.4) is 0 Å². The summed E-state index contributed by atoms with van der Waals surface area (Å²) in [5, 5.41) is 9.38. The maximum atomic E-state index is 11.5. The Bertz CT molecular complexity index is 418. The lowest BCUT2D eigenvalue weighted by Gasteiger charge is -2.06. The van der Waals surface area contributed by atoms with Crippen molar-refractivity contribution in [2.75, 3.05) is 13.2 Å². The molecule has 19 heavy (non-hydrogen) atoms. The van der Waals surface area contributed by atoms with Gasteiger partial charge in [0.15, 0.2) is 0 Å². The molecule has 0 saturated heterocycles.